The Morgan fingerprint density at radius 1 is 1.19 bits per heavy atom. The van der Waals surface area contributed by atoms with E-state index in [2.05, 4.69) is 21.9 Å². The van der Waals surface area contributed by atoms with Crippen LogP contribution < -0.4 is 5.32 Å². The van der Waals surface area contributed by atoms with Crippen molar-refractivity contribution in [3.8, 4) is 11.8 Å². The molecule has 1 rings (SSSR count). The van der Waals surface area contributed by atoms with E-state index in [-0.39, 0.29) is 18.1 Å². The molecule has 0 spiro atoms. The molecule has 0 aromatic heterocycles. The van der Waals surface area contributed by atoms with Gasteiger partial charge in [-0.05, 0) is 31.2 Å². The normalized spacial score (nSPS) is 9.24. The summed E-state index contributed by atoms with van der Waals surface area (Å²) in [4.78, 5) is 33.6. The van der Waals surface area contributed by atoms with Crippen LogP contribution in [0.3, 0.4) is 0 Å². The van der Waals surface area contributed by atoms with Crippen molar-refractivity contribution in [1.82, 2.24) is 5.32 Å². The summed E-state index contributed by atoms with van der Waals surface area (Å²) >= 11 is 0. The number of carbonyl (C=O) groups is 3. The lowest BCUT2D eigenvalue weighted by atomic mass is 10.1. The van der Waals surface area contributed by atoms with Gasteiger partial charge in [0.2, 0.25) is 5.91 Å². The Bertz CT molecular complexity index is 579. The molecule has 0 heterocycles. The lowest BCUT2D eigenvalue weighted by Gasteiger charge is -2.00. The second-order valence-corrected chi connectivity index (χ2v) is 4.16. The molecule has 21 heavy (non-hydrogen) atoms. The van der Waals surface area contributed by atoms with Gasteiger partial charge in [-0.3, -0.25) is 9.59 Å². The van der Waals surface area contributed by atoms with E-state index in [9.17, 15) is 14.4 Å². The van der Waals surface area contributed by atoms with Crippen molar-refractivity contribution >= 4 is 17.7 Å². The summed E-state index contributed by atoms with van der Waals surface area (Å²) in [5.41, 5.74) is 1.01. The van der Waals surface area contributed by atoms with Gasteiger partial charge in [-0.25, -0.2) is 4.79 Å². The van der Waals surface area contributed by atoms with Crippen molar-refractivity contribution in [3.05, 3.63) is 35.4 Å². The maximum atomic E-state index is 11.7. The van der Waals surface area contributed by atoms with Crippen LogP contribution in [0.5, 0.6) is 0 Å². The first-order valence-electron chi connectivity index (χ1n) is 6.59. The number of amides is 1. The highest BCUT2D eigenvalue weighted by molar-refractivity contribution is 6.40. The quantitative estimate of drug-likeness (QED) is 0.291. The molecule has 0 atom stereocenters. The molecule has 1 aromatic rings. The van der Waals surface area contributed by atoms with Gasteiger partial charge in [-0.15, -0.1) is 0 Å². The summed E-state index contributed by atoms with van der Waals surface area (Å²) < 4.78 is 4.65. The van der Waals surface area contributed by atoms with Crippen molar-refractivity contribution in [3.63, 3.8) is 0 Å². The fourth-order valence-electron chi connectivity index (χ4n) is 1.49. The number of carbonyl (C=O) groups excluding carboxylic acids is 3. The first-order chi connectivity index (χ1) is 10.0. The van der Waals surface area contributed by atoms with E-state index < -0.39 is 11.8 Å². The maximum absolute atomic E-state index is 11.7. The maximum Gasteiger partial charge on any atom is 0.379 e. The fourth-order valence-corrected chi connectivity index (χ4v) is 1.49. The second-order valence-electron chi connectivity index (χ2n) is 4.16. The molecular weight excluding hydrogens is 270 g/mol. The van der Waals surface area contributed by atoms with Gasteiger partial charge >= 0.3 is 5.97 Å². The van der Waals surface area contributed by atoms with Gasteiger partial charge < -0.3 is 10.1 Å². The average Bonchev–Trinajstić information content (AvgIpc) is 2.46. The van der Waals surface area contributed by atoms with Crippen molar-refractivity contribution in [1.29, 1.82) is 0 Å². The first-order valence-corrected chi connectivity index (χ1v) is 6.59. The van der Waals surface area contributed by atoms with E-state index in [0.29, 0.717) is 13.0 Å². The van der Waals surface area contributed by atoms with Crippen molar-refractivity contribution in [2.24, 2.45) is 0 Å². The highest BCUT2D eigenvalue weighted by atomic mass is 16.5. The van der Waals surface area contributed by atoms with Crippen LogP contribution in [0.2, 0.25) is 0 Å². The standard InChI is InChI=1S/C16H17NO4/c1-3-21-16(20)15(19)14-9-7-13(8-10-14)6-4-5-11-17-12(2)18/h7-10H,3,5,11H2,1-2H3,(H,17,18). The van der Waals surface area contributed by atoms with Crippen LogP contribution in [0.15, 0.2) is 24.3 Å². The zero-order valence-electron chi connectivity index (χ0n) is 12.1. The number of hydrogen-bond acceptors (Lipinski definition) is 4. The van der Waals surface area contributed by atoms with Gasteiger partial charge in [0, 0.05) is 31.0 Å². The Labute approximate surface area is 123 Å². The van der Waals surface area contributed by atoms with E-state index in [4.69, 9.17) is 0 Å². The van der Waals surface area contributed by atoms with Crippen LogP contribution in [0.4, 0.5) is 0 Å². The second kappa shape index (κ2) is 8.54. The SMILES string of the molecule is CCOC(=O)C(=O)c1ccc(C#CCCNC(C)=O)cc1. The van der Waals surface area contributed by atoms with Crippen LogP contribution in [0, 0.1) is 11.8 Å². The molecule has 0 aliphatic heterocycles. The minimum absolute atomic E-state index is 0.0846. The number of ether oxygens (including phenoxy) is 1. The van der Waals surface area contributed by atoms with Gasteiger partial charge in [-0.2, -0.15) is 0 Å². The third kappa shape index (κ3) is 5.91. The number of nitrogens with one attached hydrogen (secondary N) is 1. The molecule has 1 N–H and O–H groups in total. The number of esters is 1. The number of hydrogen-bond donors (Lipinski definition) is 1. The van der Waals surface area contributed by atoms with Gasteiger partial charge in [0.05, 0.1) is 6.61 Å². The summed E-state index contributed by atoms with van der Waals surface area (Å²) in [6.45, 7) is 3.77. The van der Waals surface area contributed by atoms with E-state index in [1.807, 2.05) is 0 Å². The van der Waals surface area contributed by atoms with Gasteiger partial charge in [0.1, 0.15) is 0 Å². The largest absolute Gasteiger partial charge is 0.460 e. The Kier molecular flexibility index (Phi) is 6.69. The Morgan fingerprint density at radius 3 is 2.43 bits per heavy atom. The molecular formula is C16H17NO4. The van der Waals surface area contributed by atoms with E-state index >= 15 is 0 Å². The van der Waals surface area contributed by atoms with E-state index in [1.54, 1.807) is 19.1 Å². The van der Waals surface area contributed by atoms with Crippen molar-refractivity contribution < 1.29 is 19.1 Å². The van der Waals surface area contributed by atoms with Crippen LogP contribution in [0.25, 0.3) is 0 Å². The molecule has 0 saturated carbocycles. The molecule has 1 aromatic carbocycles. The molecule has 0 aliphatic carbocycles. The topological polar surface area (TPSA) is 72.5 Å². The van der Waals surface area contributed by atoms with E-state index in [0.717, 1.165) is 5.56 Å². The zero-order chi connectivity index (χ0) is 15.7. The molecule has 0 fully saturated rings. The smallest absolute Gasteiger partial charge is 0.379 e. The molecule has 0 radical (unpaired) electrons. The predicted octanol–water partition coefficient (Wildman–Crippen LogP) is 1.31. The fraction of sp³-hybridized carbons (Fsp3) is 0.312. The predicted molar refractivity (Wildman–Crippen MR) is 77.6 cm³/mol. The molecule has 1 amide bonds. The highest BCUT2D eigenvalue weighted by Crippen LogP contribution is 2.05. The monoisotopic (exact) mass is 287 g/mol. The summed E-state index contributed by atoms with van der Waals surface area (Å²) in [5, 5.41) is 2.64. The van der Waals surface area contributed by atoms with Crippen molar-refractivity contribution in [2.75, 3.05) is 13.2 Å². The lowest BCUT2D eigenvalue weighted by Crippen LogP contribution is -2.20. The number of Topliss-reactive ketones (excluding diaryl/α,β-unsaturated/α-hetero) is 1. The lowest BCUT2D eigenvalue weighted by molar-refractivity contribution is -0.137. The molecule has 0 unspecified atom stereocenters. The Hall–Kier alpha value is -2.61. The van der Waals surface area contributed by atoms with Gasteiger partial charge in [-0.1, -0.05) is 11.8 Å². The number of ketones is 1. The molecule has 5 heteroatoms. The zero-order valence-corrected chi connectivity index (χ0v) is 12.1. The van der Waals surface area contributed by atoms with Gasteiger partial charge in [0.25, 0.3) is 5.78 Å². The van der Waals surface area contributed by atoms with E-state index in [1.165, 1.54) is 19.1 Å². The van der Waals surface area contributed by atoms with Crippen LogP contribution in [-0.4, -0.2) is 30.8 Å². The summed E-state index contributed by atoms with van der Waals surface area (Å²) in [5.74, 6) is 4.21. The Balaban J connectivity index is 2.58. The third-order valence-corrected chi connectivity index (χ3v) is 2.46. The van der Waals surface area contributed by atoms with Gasteiger partial charge in [0.15, 0.2) is 0 Å². The molecule has 0 bridgehead atoms. The molecule has 5 nitrogen and oxygen atoms in total. The molecule has 110 valence electrons. The number of rotatable bonds is 5. The molecule has 0 saturated heterocycles. The summed E-state index contributed by atoms with van der Waals surface area (Å²) in [7, 11) is 0. The molecule has 0 aliphatic rings. The van der Waals surface area contributed by atoms with Crippen molar-refractivity contribution in [2.45, 2.75) is 20.3 Å². The van der Waals surface area contributed by atoms with Crippen LogP contribution in [-0.2, 0) is 14.3 Å². The highest BCUT2D eigenvalue weighted by Gasteiger charge is 2.16. The van der Waals surface area contributed by atoms with Crippen LogP contribution >= 0.6 is 0 Å². The summed E-state index contributed by atoms with van der Waals surface area (Å²) in [6.07, 6.45) is 0.545. The summed E-state index contributed by atoms with van der Waals surface area (Å²) in [6, 6.07) is 6.41. The minimum Gasteiger partial charge on any atom is -0.460 e. The Morgan fingerprint density at radius 2 is 1.86 bits per heavy atom. The number of benzene rings is 1. The third-order valence-electron chi connectivity index (χ3n) is 2.46. The first kappa shape index (κ1) is 16.4. The van der Waals surface area contributed by atoms with Crippen LogP contribution in [0.1, 0.15) is 36.2 Å². The average molecular weight is 287 g/mol. The minimum atomic E-state index is -0.855.